The van der Waals surface area contributed by atoms with Crippen LogP contribution in [0.4, 0.5) is 11.4 Å². The molecule has 0 radical (unpaired) electrons. The minimum absolute atomic E-state index is 0.222. The number of nitrogens with one attached hydrogen (secondary N) is 2. The van der Waals surface area contributed by atoms with E-state index in [2.05, 4.69) is 22.2 Å². The fourth-order valence-corrected chi connectivity index (χ4v) is 1.87. The maximum atomic E-state index is 12.2. The first-order chi connectivity index (χ1) is 10.1. The van der Waals surface area contributed by atoms with Crippen LogP contribution < -0.4 is 10.6 Å². The zero-order valence-corrected chi connectivity index (χ0v) is 12.3. The topological polar surface area (TPSA) is 54.0 Å². The van der Waals surface area contributed by atoms with E-state index in [0.717, 1.165) is 16.9 Å². The van der Waals surface area contributed by atoms with Gasteiger partial charge < -0.3 is 10.6 Å². The van der Waals surface area contributed by atoms with Gasteiger partial charge in [0.05, 0.1) is 0 Å². The minimum atomic E-state index is -0.222. The highest BCUT2D eigenvalue weighted by Crippen LogP contribution is 2.15. The summed E-state index contributed by atoms with van der Waals surface area (Å²) in [6.07, 6.45) is 3.37. The van der Waals surface area contributed by atoms with Crippen molar-refractivity contribution in [2.24, 2.45) is 0 Å². The van der Waals surface area contributed by atoms with Crippen LogP contribution in [0.15, 0.2) is 49.2 Å². The smallest absolute Gasteiger partial charge is 0.274 e. The number of aromatic nitrogens is 1. The molecule has 0 aliphatic rings. The van der Waals surface area contributed by atoms with E-state index < -0.39 is 0 Å². The van der Waals surface area contributed by atoms with Crippen molar-refractivity contribution in [1.82, 2.24) is 4.98 Å². The Labute approximate surface area is 124 Å². The van der Waals surface area contributed by atoms with E-state index in [1.54, 1.807) is 18.3 Å². The van der Waals surface area contributed by atoms with Crippen molar-refractivity contribution in [2.75, 3.05) is 17.2 Å². The fraction of sp³-hybridized carbons (Fsp3) is 0.176. The lowest BCUT2D eigenvalue weighted by Gasteiger charge is -2.08. The lowest BCUT2D eigenvalue weighted by atomic mass is 10.1. The van der Waals surface area contributed by atoms with E-state index >= 15 is 0 Å². The Morgan fingerprint density at radius 1 is 1.19 bits per heavy atom. The summed E-state index contributed by atoms with van der Waals surface area (Å²) in [4.78, 5) is 16.3. The minimum Gasteiger partial charge on any atom is -0.381 e. The van der Waals surface area contributed by atoms with Gasteiger partial charge in [0.25, 0.3) is 5.91 Å². The summed E-state index contributed by atoms with van der Waals surface area (Å²) in [6.45, 7) is 8.34. The second-order valence-corrected chi connectivity index (χ2v) is 4.85. The molecule has 0 saturated carbocycles. The lowest BCUT2D eigenvalue weighted by molar-refractivity contribution is 0.102. The number of anilines is 2. The zero-order chi connectivity index (χ0) is 15.2. The number of pyridine rings is 1. The first-order valence-electron chi connectivity index (χ1n) is 6.79. The molecule has 0 bridgehead atoms. The maximum absolute atomic E-state index is 12.2. The first kappa shape index (κ1) is 14.8. The van der Waals surface area contributed by atoms with Gasteiger partial charge in [-0.3, -0.25) is 9.78 Å². The predicted octanol–water partition coefficient (Wildman–Crippen LogP) is 3.55. The van der Waals surface area contributed by atoms with Crippen LogP contribution in [0.5, 0.6) is 0 Å². The van der Waals surface area contributed by atoms with E-state index in [0.29, 0.717) is 12.2 Å². The largest absolute Gasteiger partial charge is 0.381 e. The van der Waals surface area contributed by atoms with Crippen molar-refractivity contribution in [3.05, 3.63) is 66.0 Å². The Bertz CT molecular complexity index is 665. The summed E-state index contributed by atoms with van der Waals surface area (Å²) in [7, 11) is 0. The molecule has 0 saturated heterocycles. The lowest BCUT2D eigenvalue weighted by Crippen LogP contribution is -2.14. The molecule has 1 aromatic heterocycles. The second kappa shape index (κ2) is 6.70. The molecule has 0 atom stereocenters. The number of aryl methyl sites for hydroxylation is 2. The normalized spacial score (nSPS) is 10.0. The highest BCUT2D eigenvalue weighted by atomic mass is 16.1. The van der Waals surface area contributed by atoms with E-state index in [-0.39, 0.29) is 5.91 Å². The van der Waals surface area contributed by atoms with Gasteiger partial charge in [-0.2, -0.15) is 0 Å². The van der Waals surface area contributed by atoms with Crippen molar-refractivity contribution < 1.29 is 4.79 Å². The molecule has 2 N–H and O–H groups in total. The number of benzene rings is 1. The molecule has 4 heteroatoms. The Morgan fingerprint density at radius 3 is 2.71 bits per heavy atom. The van der Waals surface area contributed by atoms with Crippen LogP contribution in [0.25, 0.3) is 0 Å². The fourth-order valence-electron chi connectivity index (χ4n) is 1.87. The van der Waals surface area contributed by atoms with E-state index in [9.17, 15) is 4.79 Å². The van der Waals surface area contributed by atoms with Crippen LogP contribution >= 0.6 is 0 Å². The average Bonchev–Trinajstić information content (AvgIpc) is 2.49. The van der Waals surface area contributed by atoms with Gasteiger partial charge in [0.2, 0.25) is 0 Å². The van der Waals surface area contributed by atoms with Crippen LogP contribution in [0.3, 0.4) is 0 Å². The molecular weight excluding hydrogens is 262 g/mol. The molecule has 0 aliphatic heterocycles. The monoisotopic (exact) mass is 281 g/mol. The zero-order valence-electron chi connectivity index (χ0n) is 12.3. The number of rotatable bonds is 5. The second-order valence-electron chi connectivity index (χ2n) is 4.85. The van der Waals surface area contributed by atoms with Crippen molar-refractivity contribution >= 4 is 17.3 Å². The van der Waals surface area contributed by atoms with Crippen molar-refractivity contribution in [1.29, 1.82) is 0 Å². The number of hydrogen-bond donors (Lipinski definition) is 2. The van der Waals surface area contributed by atoms with Gasteiger partial charge in [-0.15, -0.1) is 6.58 Å². The number of amides is 1. The van der Waals surface area contributed by atoms with Crippen molar-refractivity contribution in [3.8, 4) is 0 Å². The Kier molecular flexibility index (Phi) is 4.72. The molecule has 0 fully saturated rings. The molecule has 0 spiro atoms. The van der Waals surface area contributed by atoms with Gasteiger partial charge in [0.15, 0.2) is 0 Å². The van der Waals surface area contributed by atoms with Crippen LogP contribution in [-0.2, 0) is 0 Å². The molecule has 4 nitrogen and oxygen atoms in total. The SMILES string of the molecule is C=CCNc1ccnc(C(=O)Nc2ccc(C)c(C)c2)c1. The molecule has 2 aromatic rings. The van der Waals surface area contributed by atoms with Gasteiger partial charge in [0.1, 0.15) is 5.69 Å². The third-order valence-corrected chi connectivity index (χ3v) is 3.21. The standard InChI is InChI=1S/C17H19N3O/c1-4-8-18-14-7-9-19-16(11-14)17(21)20-15-6-5-12(2)13(3)10-15/h4-7,9-11H,1,8H2,2-3H3,(H,18,19)(H,20,21). The Hall–Kier alpha value is -2.62. The van der Waals surface area contributed by atoms with Crippen LogP contribution in [-0.4, -0.2) is 17.4 Å². The molecule has 2 rings (SSSR count). The summed E-state index contributed by atoms with van der Waals surface area (Å²) >= 11 is 0. The highest BCUT2D eigenvalue weighted by Gasteiger charge is 2.08. The molecule has 1 aromatic carbocycles. The summed E-state index contributed by atoms with van der Waals surface area (Å²) in [5.41, 5.74) is 4.33. The molecule has 108 valence electrons. The van der Waals surface area contributed by atoms with Crippen molar-refractivity contribution in [2.45, 2.75) is 13.8 Å². The van der Waals surface area contributed by atoms with Gasteiger partial charge in [-0.05, 0) is 49.2 Å². The Morgan fingerprint density at radius 2 is 2.00 bits per heavy atom. The number of carbonyl (C=O) groups excluding carboxylic acids is 1. The van der Waals surface area contributed by atoms with E-state index in [4.69, 9.17) is 0 Å². The van der Waals surface area contributed by atoms with Gasteiger partial charge in [-0.25, -0.2) is 0 Å². The summed E-state index contributed by atoms with van der Waals surface area (Å²) in [5.74, 6) is -0.222. The molecule has 1 amide bonds. The van der Waals surface area contributed by atoms with Gasteiger partial charge in [-0.1, -0.05) is 12.1 Å². The Balaban J connectivity index is 2.12. The summed E-state index contributed by atoms with van der Waals surface area (Å²) in [6, 6.07) is 9.36. The number of nitrogens with zero attached hydrogens (tertiary/aromatic N) is 1. The average molecular weight is 281 g/mol. The molecule has 1 heterocycles. The van der Waals surface area contributed by atoms with Crippen LogP contribution in [0.2, 0.25) is 0 Å². The first-order valence-corrected chi connectivity index (χ1v) is 6.79. The van der Waals surface area contributed by atoms with Crippen molar-refractivity contribution in [3.63, 3.8) is 0 Å². The predicted molar refractivity (Wildman–Crippen MR) is 86.8 cm³/mol. The van der Waals surface area contributed by atoms with Gasteiger partial charge in [0, 0.05) is 24.1 Å². The van der Waals surface area contributed by atoms with Gasteiger partial charge >= 0.3 is 0 Å². The van der Waals surface area contributed by atoms with E-state index in [1.165, 1.54) is 5.56 Å². The highest BCUT2D eigenvalue weighted by molar-refractivity contribution is 6.03. The molecular formula is C17H19N3O. The molecule has 0 aliphatic carbocycles. The third kappa shape index (κ3) is 3.92. The molecule has 0 unspecified atom stereocenters. The quantitative estimate of drug-likeness (QED) is 0.824. The maximum Gasteiger partial charge on any atom is 0.274 e. The van der Waals surface area contributed by atoms with Crippen LogP contribution in [0, 0.1) is 13.8 Å². The van der Waals surface area contributed by atoms with E-state index in [1.807, 2.05) is 38.1 Å². The third-order valence-electron chi connectivity index (χ3n) is 3.21. The number of carbonyl (C=O) groups is 1. The summed E-state index contributed by atoms with van der Waals surface area (Å²) in [5, 5.41) is 5.99. The number of hydrogen-bond acceptors (Lipinski definition) is 3. The van der Waals surface area contributed by atoms with Crippen LogP contribution in [0.1, 0.15) is 21.6 Å². The summed E-state index contributed by atoms with van der Waals surface area (Å²) < 4.78 is 0. The molecule has 21 heavy (non-hydrogen) atoms.